The van der Waals surface area contributed by atoms with Crippen molar-refractivity contribution < 1.29 is 0 Å². The standard InChI is InChI=1S/C15H20N4S/c1-10-8-14(20-15-18-17-11(2)19(15)3)7-4-12(10)9-16-13-5-6-13/h4,7-8,13,16H,5-6,9H2,1-3H3. The minimum atomic E-state index is 0.755. The van der Waals surface area contributed by atoms with E-state index in [1.165, 1.54) is 28.9 Å². The zero-order chi connectivity index (χ0) is 14.1. The number of nitrogens with zero attached hydrogens (tertiary/aromatic N) is 3. The molecule has 3 rings (SSSR count). The van der Waals surface area contributed by atoms with Crippen LogP contribution in [-0.2, 0) is 13.6 Å². The molecule has 1 aromatic heterocycles. The Labute approximate surface area is 124 Å². The van der Waals surface area contributed by atoms with Crippen LogP contribution in [0.1, 0.15) is 29.8 Å². The molecule has 2 aromatic rings. The fourth-order valence-electron chi connectivity index (χ4n) is 2.05. The van der Waals surface area contributed by atoms with Gasteiger partial charge < -0.3 is 9.88 Å². The molecule has 0 unspecified atom stereocenters. The van der Waals surface area contributed by atoms with Crippen LogP contribution in [0.2, 0.25) is 0 Å². The maximum Gasteiger partial charge on any atom is 0.195 e. The first-order valence-electron chi connectivity index (χ1n) is 7.00. The van der Waals surface area contributed by atoms with Gasteiger partial charge >= 0.3 is 0 Å². The van der Waals surface area contributed by atoms with Crippen LogP contribution in [0.5, 0.6) is 0 Å². The van der Waals surface area contributed by atoms with Crippen LogP contribution in [0.4, 0.5) is 0 Å². The summed E-state index contributed by atoms with van der Waals surface area (Å²) in [7, 11) is 2.00. The lowest BCUT2D eigenvalue weighted by atomic mass is 10.1. The Morgan fingerprint density at radius 3 is 2.70 bits per heavy atom. The summed E-state index contributed by atoms with van der Waals surface area (Å²) in [6.45, 7) is 5.12. The number of nitrogens with one attached hydrogen (secondary N) is 1. The summed E-state index contributed by atoms with van der Waals surface area (Å²) >= 11 is 1.66. The molecule has 1 N–H and O–H groups in total. The molecule has 1 aromatic carbocycles. The monoisotopic (exact) mass is 288 g/mol. The molecule has 0 bridgehead atoms. The first-order valence-corrected chi connectivity index (χ1v) is 7.82. The summed E-state index contributed by atoms with van der Waals surface area (Å²) in [5.74, 6) is 0.939. The number of rotatable bonds is 5. The van der Waals surface area contributed by atoms with E-state index in [1.54, 1.807) is 11.8 Å². The van der Waals surface area contributed by atoms with Crippen molar-refractivity contribution in [3.8, 4) is 0 Å². The predicted octanol–water partition coefficient (Wildman–Crippen LogP) is 2.84. The normalized spacial score (nSPS) is 14.8. The summed E-state index contributed by atoms with van der Waals surface area (Å²) in [6, 6.07) is 7.38. The maximum atomic E-state index is 4.19. The van der Waals surface area contributed by atoms with E-state index in [1.807, 2.05) is 18.5 Å². The second-order valence-corrected chi connectivity index (χ2v) is 6.48. The molecule has 1 fully saturated rings. The van der Waals surface area contributed by atoms with E-state index in [0.717, 1.165) is 23.6 Å². The topological polar surface area (TPSA) is 42.7 Å². The van der Waals surface area contributed by atoms with Gasteiger partial charge in [-0.05, 0) is 61.7 Å². The molecule has 1 heterocycles. The first-order chi connectivity index (χ1) is 9.63. The molecule has 20 heavy (non-hydrogen) atoms. The molecule has 5 heteroatoms. The average molecular weight is 288 g/mol. The Balaban J connectivity index is 1.70. The van der Waals surface area contributed by atoms with E-state index < -0.39 is 0 Å². The zero-order valence-corrected chi connectivity index (χ0v) is 13.0. The van der Waals surface area contributed by atoms with Gasteiger partial charge in [0.05, 0.1) is 0 Å². The van der Waals surface area contributed by atoms with Gasteiger partial charge in [0.2, 0.25) is 0 Å². The largest absolute Gasteiger partial charge is 0.310 e. The van der Waals surface area contributed by atoms with E-state index in [9.17, 15) is 0 Å². The van der Waals surface area contributed by atoms with Gasteiger partial charge in [-0.15, -0.1) is 10.2 Å². The summed E-state index contributed by atoms with van der Waals surface area (Å²) in [5, 5.41) is 12.8. The van der Waals surface area contributed by atoms with Gasteiger partial charge in [0.1, 0.15) is 5.82 Å². The van der Waals surface area contributed by atoms with Crippen LogP contribution in [-0.4, -0.2) is 20.8 Å². The van der Waals surface area contributed by atoms with Crippen molar-refractivity contribution in [1.29, 1.82) is 0 Å². The van der Waals surface area contributed by atoms with Crippen LogP contribution in [0.25, 0.3) is 0 Å². The third kappa shape index (κ3) is 3.04. The van der Waals surface area contributed by atoms with Crippen molar-refractivity contribution in [2.24, 2.45) is 7.05 Å². The Hall–Kier alpha value is -1.33. The zero-order valence-electron chi connectivity index (χ0n) is 12.2. The summed E-state index contributed by atoms with van der Waals surface area (Å²) in [4.78, 5) is 1.22. The molecule has 0 aliphatic heterocycles. The smallest absolute Gasteiger partial charge is 0.195 e. The molecular weight excluding hydrogens is 268 g/mol. The Morgan fingerprint density at radius 1 is 1.30 bits per heavy atom. The van der Waals surface area contributed by atoms with Crippen molar-refractivity contribution in [2.75, 3.05) is 0 Å². The van der Waals surface area contributed by atoms with Gasteiger partial charge in [-0.25, -0.2) is 0 Å². The van der Waals surface area contributed by atoms with Crippen LogP contribution >= 0.6 is 11.8 Å². The molecule has 0 radical (unpaired) electrons. The van der Waals surface area contributed by atoms with Gasteiger partial charge in [0.15, 0.2) is 5.16 Å². The van der Waals surface area contributed by atoms with Crippen LogP contribution in [0, 0.1) is 13.8 Å². The lowest BCUT2D eigenvalue weighted by Crippen LogP contribution is -2.15. The van der Waals surface area contributed by atoms with Crippen LogP contribution < -0.4 is 5.32 Å². The van der Waals surface area contributed by atoms with Gasteiger partial charge in [0.25, 0.3) is 0 Å². The predicted molar refractivity (Wildman–Crippen MR) is 80.9 cm³/mol. The maximum absolute atomic E-state index is 4.19. The molecular formula is C15H20N4S. The third-order valence-electron chi connectivity index (χ3n) is 3.73. The number of hydrogen-bond acceptors (Lipinski definition) is 4. The van der Waals surface area contributed by atoms with Crippen LogP contribution in [0.3, 0.4) is 0 Å². The highest BCUT2D eigenvalue weighted by atomic mass is 32.2. The highest BCUT2D eigenvalue weighted by molar-refractivity contribution is 7.99. The van der Waals surface area contributed by atoms with E-state index in [0.29, 0.717) is 0 Å². The fraction of sp³-hybridized carbons (Fsp3) is 0.467. The molecule has 4 nitrogen and oxygen atoms in total. The SMILES string of the molecule is Cc1cc(Sc2nnc(C)n2C)ccc1CNC1CC1. The molecule has 0 amide bonds. The Kier molecular flexibility index (Phi) is 3.81. The molecule has 1 saturated carbocycles. The lowest BCUT2D eigenvalue weighted by Gasteiger charge is -2.09. The average Bonchev–Trinajstić information content (AvgIpc) is 3.20. The van der Waals surface area contributed by atoms with Gasteiger partial charge in [-0.1, -0.05) is 6.07 Å². The second kappa shape index (κ2) is 5.58. The van der Waals surface area contributed by atoms with Crippen molar-refractivity contribution in [2.45, 2.75) is 49.3 Å². The number of aromatic nitrogens is 3. The van der Waals surface area contributed by atoms with Crippen molar-refractivity contribution in [3.05, 3.63) is 35.2 Å². The van der Waals surface area contributed by atoms with Gasteiger partial charge in [-0.2, -0.15) is 0 Å². The van der Waals surface area contributed by atoms with E-state index in [2.05, 4.69) is 40.6 Å². The molecule has 106 valence electrons. The third-order valence-corrected chi connectivity index (χ3v) is 4.76. The minimum Gasteiger partial charge on any atom is -0.310 e. The highest BCUT2D eigenvalue weighted by Crippen LogP contribution is 2.28. The number of aryl methyl sites for hydroxylation is 2. The lowest BCUT2D eigenvalue weighted by molar-refractivity contribution is 0.684. The first kappa shape index (κ1) is 13.6. The quantitative estimate of drug-likeness (QED) is 0.918. The van der Waals surface area contributed by atoms with Gasteiger partial charge in [-0.3, -0.25) is 0 Å². The molecule has 1 aliphatic rings. The Bertz CT molecular complexity index is 616. The minimum absolute atomic E-state index is 0.755. The summed E-state index contributed by atoms with van der Waals surface area (Å²) in [6.07, 6.45) is 2.66. The highest BCUT2D eigenvalue weighted by Gasteiger charge is 2.20. The summed E-state index contributed by atoms with van der Waals surface area (Å²) < 4.78 is 2.02. The molecule has 0 spiro atoms. The second-order valence-electron chi connectivity index (χ2n) is 5.43. The summed E-state index contributed by atoms with van der Waals surface area (Å²) in [5.41, 5.74) is 2.72. The van der Waals surface area contributed by atoms with E-state index in [-0.39, 0.29) is 0 Å². The number of benzene rings is 1. The molecule has 1 aliphatic carbocycles. The molecule has 0 atom stereocenters. The fourth-order valence-corrected chi connectivity index (χ4v) is 2.99. The van der Waals surface area contributed by atoms with E-state index >= 15 is 0 Å². The number of hydrogen-bond donors (Lipinski definition) is 1. The van der Waals surface area contributed by atoms with Crippen molar-refractivity contribution in [1.82, 2.24) is 20.1 Å². The van der Waals surface area contributed by atoms with Crippen molar-refractivity contribution >= 4 is 11.8 Å². The molecule has 0 saturated heterocycles. The Morgan fingerprint density at radius 2 is 2.10 bits per heavy atom. The van der Waals surface area contributed by atoms with E-state index in [4.69, 9.17) is 0 Å². The van der Waals surface area contributed by atoms with Crippen molar-refractivity contribution in [3.63, 3.8) is 0 Å². The van der Waals surface area contributed by atoms with Crippen LogP contribution in [0.15, 0.2) is 28.3 Å². The van der Waals surface area contributed by atoms with Gasteiger partial charge in [0, 0.05) is 24.5 Å².